The van der Waals surface area contributed by atoms with Crippen molar-refractivity contribution in [3.8, 4) is 12.5 Å². The van der Waals surface area contributed by atoms with E-state index in [1.54, 1.807) is 0 Å². The summed E-state index contributed by atoms with van der Waals surface area (Å²) in [6, 6.07) is 13.4. The van der Waals surface area contributed by atoms with Gasteiger partial charge in [-0.1, -0.05) is 63.4 Å². The van der Waals surface area contributed by atoms with Crippen LogP contribution in [-0.2, 0) is 5.54 Å². The molecule has 17 heavy (non-hydrogen) atoms. The Morgan fingerprint density at radius 2 is 1.65 bits per heavy atom. The molecule has 0 unspecified atom stereocenters. The van der Waals surface area contributed by atoms with Crippen LogP contribution in [0.2, 0.25) is 0 Å². The SMILES string of the molecule is C#CN(C)C(CCC)(CCC)c1ccccc1. The van der Waals surface area contributed by atoms with Crippen molar-refractivity contribution in [1.82, 2.24) is 4.90 Å². The molecule has 1 nitrogen and oxygen atoms in total. The van der Waals surface area contributed by atoms with Gasteiger partial charge in [-0.15, -0.1) is 0 Å². The summed E-state index contributed by atoms with van der Waals surface area (Å²) in [5.74, 6) is 0. The van der Waals surface area contributed by atoms with Gasteiger partial charge in [0.1, 0.15) is 0 Å². The van der Waals surface area contributed by atoms with Gasteiger partial charge in [-0.25, -0.2) is 0 Å². The maximum Gasteiger partial charge on any atom is 0.0725 e. The van der Waals surface area contributed by atoms with Crippen molar-refractivity contribution >= 4 is 0 Å². The van der Waals surface area contributed by atoms with Gasteiger partial charge < -0.3 is 4.90 Å². The molecule has 1 aromatic carbocycles. The fourth-order valence-electron chi connectivity index (χ4n) is 2.64. The van der Waals surface area contributed by atoms with Crippen LogP contribution in [0.15, 0.2) is 30.3 Å². The summed E-state index contributed by atoms with van der Waals surface area (Å²) in [4.78, 5) is 2.05. The van der Waals surface area contributed by atoms with Crippen LogP contribution in [0, 0.1) is 12.5 Å². The Morgan fingerprint density at radius 3 is 2.06 bits per heavy atom. The van der Waals surface area contributed by atoms with Crippen LogP contribution in [0.1, 0.15) is 45.1 Å². The van der Waals surface area contributed by atoms with Gasteiger partial charge in [-0.3, -0.25) is 0 Å². The van der Waals surface area contributed by atoms with Gasteiger partial charge in [0.2, 0.25) is 0 Å². The zero-order chi connectivity index (χ0) is 12.7. The second kappa shape index (κ2) is 6.35. The third-order valence-electron chi connectivity index (χ3n) is 3.47. The summed E-state index contributed by atoms with van der Waals surface area (Å²) in [6.07, 6.45) is 10.1. The highest BCUT2D eigenvalue weighted by Crippen LogP contribution is 2.36. The van der Waals surface area contributed by atoms with Gasteiger partial charge >= 0.3 is 0 Å². The number of benzene rings is 1. The molecule has 0 heterocycles. The van der Waals surface area contributed by atoms with E-state index in [-0.39, 0.29) is 5.54 Å². The largest absolute Gasteiger partial charge is 0.325 e. The van der Waals surface area contributed by atoms with Crippen molar-refractivity contribution in [2.45, 2.75) is 45.1 Å². The number of nitrogens with zero attached hydrogens (tertiary/aromatic N) is 1. The van der Waals surface area contributed by atoms with Gasteiger partial charge in [-0.05, 0) is 18.4 Å². The minimum Gasteiger partial charge on any atom is -0.325 e. The smallest absolute Gasteiger partial charge is 0.0725 e. The Labute approximate surface area is 106 Å². The summed E-state index contributed by atoms with van der Waals surface area (Å²) in [6.45, 7) is 4.44. The maximum atomic E-state index is 5.63. The zero-order valence-electron chi connectivity index (χ0n) is 11.2. The van der Waals surface area contributed by atoms with Crippen LogP contribution in [-0.4, -0.2) is 11.9 Å². The number of rotatable bonds is 6. The van der Waals surface area contributed by atoms with Gasteiger partial charge in [-0.2, -0.15) is 0 Å². The van der Waals surface area contributed by atoms with Crippen molar-refractivity contribution in [2.75, 3.05) is 7.05 Å². The normalized spacial score (nSPS) is 10.9. The quantitative estimate of drug-likeness (QED) is 0.526. The summed E-state index contributed by atoms with van der Waals surface area (Å²) in [5.41, 5.74) is 1.34. The molecule has 0 aliphatic heterocycles. The molecule has 1 heteroatoms. The Hall–Kier alpha value is -1.42. The summed E-state index contributed by atoms with van der Waals surface area (Å²) >= 11 is 0. The van der Waals surface area contributed by atoms with E-state index in [9.17, 15) is 0 Å². The van der Waals surface area contributed by atoms with Crippen molar-refractivity contribution in [1.29, 1.82) is 0 Å². The third kappa shape index (κ3) is 2.82. The molecule has 1 rings (SSSR count). The first kappa shape index (κ1) is 13.6. The number of terminal acetylenes is 1. The fraction of sp³-hybridized carbons (Fsp3) is 0.500. The van der Waals surface area contributed by atoms with Crippen LogP contribution in [0.4, 0.5) is 0 Å². The molecule has 0 aromatic heterocycles. The molecule has 0 saturated carbocycles. The predicted molar refractivity (Wildman–Crippen MR) is 74.5 cm³/mol. The molecule has 0 aliphatic carbocycles. The minimum absolute atomic E-state index is 0.000486. The zero-order valence-corrected chi connectivity index (χ0v) is 11.2. The van der Waals surface area contributed by atoms with Crippen molar-refractivity contribution in [2.24, 2.45) is 0 Å². The Balaban J connectivity index is 3.20. The lowest BCUT2D eigenvalue weighted by atomic mass is 9.80. The average molecular weight is 229 g/mol. The Morgan fingerprint density at radius 1 is 1.12 bits per heavy atom. The lowest BCUT2D eigenvalue weighted by Crippen LogP contribution is -2.41. The van der Waals surface area contributed by atoms with Crippen LogP contribution in [0.25, 0.3) is 0 Å². The number of hydrogen-bond acceptors (Lipinski definition) is 1. The molecule has 1 aromatic rings. The molecule has 0 amide bonds. The van der Waals surface area contributed by atoms with E-state index in [0.29, 0.717) is 0 Å². The van der Waals surface area contributed by atoms with Crippen molar-refractivity contribution < 1.29 is 0 Å². The first-order valence-corrected chi connectivity index (χ1v) is 6.47. The van der Waals surface area contributed by atoms with Crippen LogP contribution in [0.5, 0.6) is 0 Å². The van der Waals surface area contributed by atoms with Crippen LogP contribution in [0.3, 0.4) is 0 Å². The lowest BCUT2D eigenvalue weighted by Gasteiger charge is -2.40. The molecule has 0 bridgehead atoms. The summed E-state index contributed by atoms with van der Waals surface area (Å²) in [5, 5.41) is 0. The third-order valence-corrected chi connectivity index (χ3v) is 3.47. The molecule has 0 saturated heterocycles. The standard InChI is InChI=1S/C16H23N/c1-5-13-16(14-6-2,17(4)7-3)15-11-9-8-10-12-15/h3,8-12H,5-6,13-14H2,1-2,4H3. The molecule has 0 atom stereocenters. The van der Waals surface area contributed by atoms with E-state index in [1.807, 2.05) is 7.05 Å². The lowest BCUT2D eigenvalue weighted by molar-refractivity contribution is 0.158. The van der Waals surface area contributed by atoms with Gasteiger partial charge in [0.15, 0.2) is 0 Å². The van der Waals surface area contributed by atoms with E-state index in [1.165, 1.54) is 5.56 Å². The molecular formula is C16H23N. The van der Waals surface area contributed by atoms with Crippen molar-refractivity contribution in [3.05, 3.63) is 35.9 Å². The molecule has 0 fully saturated rings. The van der Waals surface area contributed by atoms with Gasteiger partial charge in [0, 0.05) is 13.1 Å². The highest BCUT2D eigenvalue weighted by atomic mass is 15.1. The maximum absolute atomic E-state index is 5.63. The van der Waals surface area contributed by atoms with Crippen molar-refractivity contribution in [3.63, 3.8) is 0 Å². The van der Waals surface area contributed by atoms with E-state index < -0.39 is 0 Å². The van der Waals surface area contributed by atoms with Gasteiger partial charge in [0.25, 0.3) is 0 Å². The van der Waals surface area contributed by atoms with E-state index in [2.05, 4.69) is 55.1 Å². The molecule has 0 radical (unpaired) electrons. The van der Waals surface area contributed by atoms with Crippen LogP contribution < -0.4 is 0 Å². The predicted octanol–water partition coefficient (Wildman–Crippen LogP) is 4.00. The first-order valence-electron chi connectivity index (χ1n) is 6.47. The minimum atomic E-state index is -0.000486. The Kier molecular flexibility index (Phi) is 5.10. The second-order valence-corrected chi connectivity index (χ2v) is 4.59. The molecule has 0 N–H and O–H groups in total. The van der Waals surface area contributed by atoms with Crippen LogP contribution >= 0.6 is 0 Å². The average Bonchev–Trinajstić information content (AvgIpc) is 2.38. The molecular weight excluding hydrogens is 206 g/mol. The fourth-order valence-corrected chi connectivity index (χ4v) is 2.64. The molecule has 0 spiro atoms. The first-order chi connectivity index (χ1) is 8.21. The summed E-state index contributed by atoms with van der Waals surface area (Å²) in [7, 11) is 2.03. The monoisotopic (exact) mass is 229 g/mol. The van der Waals surface area contributed by atoms with E-state index in [0.717, 1.165) is 25.7 Å². The molecule has 0 aliphatic rings. The van der Waals surface area contributed by atoms with Gasteiger partial charge in [0.05, 0.1) is 5.54 Å². The van der Waals surface area contributed by atoms with E-state index >= 15 is 0 Å². The molecule has 92 valence electrons. The second-order valence-electron chi connectivity index (χ2n) is 4.59. The topological polar surface area (TPSA) is 3.24 Å². The highest BCUT2D eigenvalue weighted by molar-refractivity contribution is 5.26. The number of hydrogen-bond donors (Lipinski definition) is 0. The Bertz CT molecular complexity index is 355. The highest BCUT2D eigenvalue weighted by Gasteiger charge is 2.33. The summed E-state index contributed by atoms with van der Waals surface area (Å²) < 4.78 is 0. The van der Waals surface area contributed by atoms with E-state index in [4.69, 9.17) is 6.42 Å².